The third kappa shape index (κ3) is 7.79. The molecule has 0 atom stereocenters. The molecule has 4 rings (SSSR count). The molecular weight excluding hydrogens is 504 g/mol. The molecule has 41 heavy (non-hydrogen) atoms. The van der Waals surface area contributed by atoms with Crippen molar-refractivity contribution in [2.24, 2.45) is 0 Å². The molecule has 4 nitrogen and oxygen atoms in total. The van der Waals surface area contributed by atoms with Crippen LogP contribution in [0.2, 0.25) is 0 Å². The van der Waals surface area contributed by atoms with Crippen molar-refractivity contribution in [2.75, 3.05) is 11.9 Å². The molecule has 0 heterocycles. The van der Waals surface area contributed by atoms with Crippen molar-refractivity contribution in [3.8, 4) is 5.75 Å². The molecule has 0 bridgehead atoms. The van der Waals surface area contributed by atoms with Crippen LogP contribution in [0.25, 0.3) is 0 Å². The maximum absolute atomic E-state index is 13.1. The Balaban J connectivity index is 1.48. The second-order valence-electron chi connectivity index (χ2n) is 12.9. The summed E-state index contributed by atoms with van der Waals surface area (Å²) < 4.78 is 0. The Labute approximate surface area is 245 Å². The van der Waals surface area contributed by atoms with E-state index < -0.39 is 0 Å². The average Bonchev–Trinajstić information content (AvgIpc) is 2.93. The Bertz CT molecular complexity index is 1370. The van der Waals surface area contributed by atoms with Gasteiger partial charge in [-0.3, -0.25) is 0 Å². The fourth-order valence-electron chi connectivity index (χ4n) is 5.28. The summed E-state index contributed by atoms with van der Waals surface area (Å²) in [5, 5.41) is 17.3. The maximum atomic E-state index is 13.1. The number of anilines is 1. The number of para-hydroxylation sites is 1. The zero-order valence-electron chi connectivity index (χ0n) is 25.3. The highest BCUT2D eigenvalue weighted by Crippen LogP contribution is 2.40. The predicted molar refractivity (Wildman–Crippen MR) is 171 cm³/mol. The number of hydrogen-bond donors (Lipinski definition) is 3. The number of aryl methyl sites for hydroxylation is 2. The van der Waals surface area contributed by atoms with Crippen molar-refractivity contribution in [2.45, 2.75) is 71.1 Å². The van der Waals surface area contributed by atoms with Gasteiger partial charge in [0, 0.05) is 18.2 Å². The van der Waals surface area contributed by atoms with Crippen LogP contribution in [-0.2, 0) is 23.7 Å². The monoisotopic (exact) mass is 548 g/mol. The topological polar surface area (TPSA) is 61.4 Å². The molecule has 0 aliphatic heterocycles. The zero-order chi connectivity index (χ0) is 29.6. The second-order valence-corrected chi connectivity index (χ2v) is 12.9. The van der Waals surface area contributed by atoms with Gasteiger partial charge in [0.15, 0.2) is 0 Å². The Morgan fingerprint density at radius 1 is 0.707 bits per heavy atom. The van der Waals surface area contributed by atoms with Gasteiger partial charge in [0.1, 0.15) is 5.75 Å². The molecule has 214 valence electrons. The third-order valence-corrected chi connectivity index (χ3v) is 7.60. The average molecular weight is 549 g/mol. The number of rotatable bonds is 8. The normalized spacial score (nSPS) is 11.9. The molecule has 0 fully saturated rings. The molecule has 4 aromatic carbocycles. The third-order valence-electron chi connectivity index (χ3n) is 7.60. The molecule has 0 aromatic heterocycles. The van der Waals surface area contributed by atoms with E-state index in [-0.39, 0.29) is 22.8 Å². The fourth-order valence-corrected chi connectivity index (χ4v) is 5.28. The number of hydrogen-bond acceptors (Lipinski definition) is 2. The molecule has 0 aliphatic rings. The highest BCUT2D eigenvalue weighted by atomic mass is 16.3. The molecule has 0 unspecified atom stereocenters. The van der Waals surface area contributed by atoms with Crippen molar-refractivity contribution >= 4 is 11.7 Å². The van der Waals surface area contributed by atoms with Crippen LogP contribution in [0.15, 0.2) is 97.1 Å². The molecule has 2 amide bonds. The first kappa shape index (κ1) is 29.9. The Morgan fingerprint density at radius 2 is 1.20 bits per heavy atom. The van der Waals surface area contributed by atoms with Gasteiger partial charge in [0.25, 0.3) is 0 Å². The first-order chi connectivity index (χ1) is 19.4. The Morgan fingerprint density at radius 3 is 1.71 bits per heavy atom. The highest BCUT2D eigenvalue weighted by molar-refractivity contribution is 5.90. The van der Waals surface area contributed by atoms with Crippen molar-refractivity contribution in [1.82, 2.24) is 5.32 Å². The van der Waals surface area contributed by atoms with Crippen molar-refractivity contribution < 1.29 is 9.90 Å². The molecule has 0 spiro atoms. The van der Waals surface area contributed by atoms with Crippen molar-refractivity contribution in [1.29, 1.82) is 0 Å². The lowest BCUT2D eigenvalue weighted by molar-refractivity contribution is 0.252. The number of carbonyl (C=O) groups excluding carboxylic acids is 1. The van der Waals surface area contributed by atoms with Gasteiger partial charge in [0.05, 0.1) is 0 Å². The van der Waals surface area contributed by atoms with Gasteiger partial charge in [-0.2, -0.15) is 0 Å². The summed E-state index contributed by atoms with van der Waals surface area (Å²) >= 11 is 0. The van der Waals surface area contributed by atoms with Crippen LogP contribution >= 0.6 is 0 Å². The van der Waals surface area contributed by atoms with E-state index in [1.807, 2.05) is 54.6 Å². The van der Waals surface area contributed by atoms with Gasteiger partial charge >= 0.3 is 6.03 Å². The number of amides is 2. The molecule has 0 saturated heterocycles. The lowest BCUT2D eigenvalue weighted by Crippen LogP contribution is -2.33. The predicted octanol–water partition coefficient (Wildman–Crippen LogP) is 8.73. The second kappa shape index (κ2) is 12.6. The summed E-state index contributed by atoms with van der Waals surface area (Å²) in [5.74, 6) is 0.457. The van der Waals surface area contributed by atoms with Crippen LogP contribution in [-0.4, -0.2) is 17.7 Å². The number of phenolic OH excluding ortho intramolecular Hbond substituents is 1. The van der Waals surface area contributed by atoms with E-state index in [1.165, 1.54) is 5.56 Å². The van der Waals surface area contributed by atoms with Crippen LogP contribution in [0, 0.1) is 0 Å². The van der Waals surface area contributed by atoms with Crippen LogP contribution in [0.4, 0.5) is 10.5 Å². The fraction of sp³-hybridized carbons (Fsp3) is 0.324. The van der Waals surface area contributed by atoms with Crippen LogP contribution < -0.4 is 10.6 Å². The number of benzene rings is 4. The standard InChI is InChI=1S/C37H44N2O2/c1-36(2,3)31-23-26(24-32(34(31)40)37(4,5)6)21-22-29-19-13-14-20-33(29)39-35(41)38-25-30(27-15-9-7-10-16-27)28-17-11-8-12-18-28/h7-20,23-24,30,40H,21-22,25H2,1-6H3,(H2,38,39,41). The number of carbonyl (C=O) groups is 1. The molecular formula is C37H44N2O2. The van der Waals surface area contributed by atoms with Gasteiger partial charge < -0.3 is 15.7 Å². The number of nitrogens with one attached hydrogen (secondary N) is 2. The summed E-state index contributed by atoms with van der Waals surface area (Å²) in [6.45, 7) is 13.3. The van der Waals surface area contributed by atoms with Crippen LogP contribution in [0.3, 0.4) is 0 Å². The van der Waals surface area contributed by atoms with Crippen molar-refractivity contribution in [3.63, 3.8) is 0 Å². The van der Waals surface area contributed by atoms with Gasteiger partial charge in [-0.1, -0.05) is 133 Å². The summed E-state index contributed by atoms with van der Waals surface area (Å²) in [6, 6.07) is 32.6. The molecule has 4 aromatic rings. The molecule has 3 N–H and O–H groups in total. The van der Waals surface area contributed by atoms with E-state index in [0.29, 0.717) is 12.3 Å². The van der Waals surface area contributed by atoms with Crippen LogP contribution in [0.1, 0.15) is 80.8 Å². The van der Waals surface area contributed by atoms with Crippen molar-refractivity contribution in [3.05, 3.63) is 130 Å². The van der Waals surface area contributed by atoms with E-state index >= 15 is 0 Å². The largest absolute Gasteiger partial charge is 0.507 e. The van der Waals surface area contributed by atoms with E-state index in [9.17, 15) is 9.90 Å². The lowest BCUT2D eigenvalue weighted by atomic mass is 9.78. The summed E-state index contributed by atoms with van der Waals surface area (Å²) in [4.78, 5) is 13.1. The summed E-state index contributed by atoms with van der Waals surface area (Å²) in [5.41, 5.74) is 7.00. The quantitative estimate of drug-likeness (QED) is 0.206. The van der Waals surface area contributed by atoms with Crippen LogP contribution in [0.5, 0.6) is 5.75 Å². The highest BCUT2D eigenvalue weighted by Gasteiger charge is 2.26. The number of phenols is 1. The minimum absolute atomic E-state index is 0.0573. The molecule has 0 radical (unpaired) electrons. The van der Waals surface area contributed by atoms with Gasteiger partial charge in [0.2, 0.25) is 0 Å². The molecule has 0 aliphatic carbocycles. The number of urea groups is 1. The van der Waals surface area contributed by atoms with E-state index in [4.69, 9.17) is 0 Å². The lowest BCUT2D eigenvalue weighted by Gasteiger charge is -2.28. The van der Waals surface area contributed by atoms with E-state index in [2.05, 4.69) is 94.6 Å². The minimum Gasteiger partial charge on any atom is -0.507 e. The summed E-state index contributed by atoms with van der Waals surface area (Å²) in [6.07, 6.45) is 1.57. The first-order valence-corrected chi connectivity index (χ1v) is 14.5. The van der Waals surface area contributed by atoms with Gasteiger partial charge in [-0.05, 0) is 63.1 Å². The SMILES string of the molecule is CC(C)(C)c1cc(CCc2ccccc2NC(=O)NCC(c2ccccc2)c2ccccc2)cc(C(C)(C)C)c1O. The smallest absolute Gasteiger partial charge is 0.319 e. The van der Waals surface area contributed by atoms with E-state index in [0.717, 1.165) is 46.3 Å². The minimum atomic E-state index is -0.219. The maximum Gasteiger partial charge on any atom is 0.319 e. The summed E-state index contributed by atoms with van der Waals surface area (Å²) in [7, 11) is 0. The molecule has 4 heteroatoms. The number of aromatic hydroxyl groups is 1. The molecule has 0 saturated carbocycles. The first-order valence-electron chi connectivity index (χ1n) is 14.5. The Hall–Kier alpha value is -4.05. The van der Waals surface area contributed by atoms with Gasteiger partial charge in [-0.15, -0.1) is 0 Å². The zero-order valence-corrected chi connectivity index (χ0v) is 25.3. The van der Waals surface area contributed by atoms with Gasteiger partial charge in [-0.25, -0.2) is 4.79 Å². The van der Waals surface area contributed by atoms with E-state index in [1.54, 1.807) is 0 Å². The Kier molecular flexibility index (Phi) is 9.22.